The predicted octanol–water partition coefficient (Wildman–Crippen LogP) is 2.44. The summed E-state index contributed by atoms with van der Waals surface area (Å²) >= 11 is 0. The largest absolute Gasteiger partial charge is 0.486 e. The van der Waals surface area contributed by atoms with Gasteiger partial charge in [-0.1, -0.05) is 6.92 Å². The lowest BCUT2D eigenvalue weighted by molar-refractivity contribution is 0.0354. The summed E-state index contributed by atoms with van der Waals surface area (Å²) in [5, 5.41) is 17.4. The SMILES string of the molecule is CCN(Cc1cn[nH]c1-c1ccc2c(c1)OCCO2)CC(C)(C)O. The van der Waals surface area contributed by atoms with E-state index in [0.717, 1.165) is 41.4 Å². The molecule has 24 heavy (non-hydrogen) atoms. The van der Waals surface area contributed by atoms with E-state index < -0.39 is 5.60 Å². The second-order valence-electron chi connectivity index (χ2n) is 6.74. The van der Waals surface area contributed by atoms with E-state index in [1.165, 1.54) is 0 Å². The Labute approximate surface area is 142 Å². The molecule has 1 aliphatic heterocycles. The minimum Gasteiger partial charge on any atom is -0.486 e. The van der Waals surface area contributed by atoms with E-state index in [1.54, 1.807) is 0 Å². The van der Waals surface area contributed by atoms with Crippen LogP contribution in [-0.2, 0) is 6.54 Å². The van der Waals surface area contributed by atoms with Gasteiger partial charge < -0.3 is 14.6 Å². The summed E-state index contributed by atoms with van der Waals surface area (Å²) in [6, 6.07) is 5.93. The van der Waals surface area contributed by atoms with E-state index in [4.69, 9.17) is 9.47 Å². The Balaban J connectivity index is 1.82. The van der Waals surface area contributed by atoms with Crippen LogP contribution in [0.5, 0.6) is 11.5 Å². The molecule has 2 heterocycles. The number of ether oxygens (including phenoxy) is 2. The Bertz CT molecular complexity index is 691. The quantitative estimate of drug-likeness (QED) is 0.851. The Morgan fingerprint density at radius 3 is 2.71 bits per heavy atom. The first kappa shape index (κ1) is 16.8. The molecular weight excluding hydrogens is 306 g/mol. The fraction of sp³-hybridized carbons (Fsp3) is 0.500. The van der Waals surface area contributed by atoms with Crippen LogP contribution in [0, 0.1) is 0 Å². The molecule has 0 bridgehead atoms. The average molecular weight is 331 g/mol. The molecule has 3 rings (SSSR count). The molecule has 1 aliphatic rings. The number of likely N-dealkylation sites (N-methyl/N-ethyl adjacent to an activating group) is 1. The number of benzene rings is 1. The zero-order valence-corrected chi connectivity index (χ0v) is 14.5. The molecule has 0 fully saturated rings. The smallest absolute Gasteiger partial charge is 0.162 e. The van der Waals surface area contributed by atoms with Crippen molar-refractivity contribution < 1.29 is 14.6 Å². The molecule has 130 valence electrons. The lowest BCUT2D eigenvalue weighted by Gasteiger charge is -2.27. The van der Waals surface area contributed by atoms with Gasteiger partial charge in [-0.25, -0.2) is 0 Å². The highest BCUT2D eigenvalue weighted by Gasteiger charge is 2.20. The molecule has 0 amide bonds. The summed E-state index contributed by atoms with van der Waals surface area (Å²) in [5.74, 6) is 1.55. The first-order valence-electron chi connectivity index (χ1n) is 8.33. The van der Waals surface area contributed by atoms with Crippen LogP contribution in [0.2, 0.25) is 0 Å². The lowest BCUT2D eigenvalue weighted by Crippen LogP contribution is -2.38. The van der Waals surface area contributed by atoms with E-state index in [0.29, 0.717) is 19.8 Å². The van der Waals surface area contributed by atoms with Crippen LogP contribution >= 0.6 is 0 Å². The van der Waals surface area contributed by atoms with E-state index in [-0.39, 0.29) is 0 Å². The molecular formula is C18H25N3O3. The maximum Gasteiger partial charge on any atom is 0.162 e. The van der Waals surface area contributed by atoms with Gasteiger partial charge in [0, 0.05) is 24.2 Å². The van der Waals surface area contributed by atoms with Gasteiger partial charge >= 0.3 is 0 Å². The van der Waals surface area contributed by atoms with Crippen LogP contribution in [0.1, 0.15) is 26.3 Å². The number of hydrogen-bond donors (Lipinski definition) is 2. The van der Waals surface area contributed by atoms with E-state index in [1.807, 2.05) is 38.2 Å². The highest BCUT2D eigenvalue weighted by molar-refractivity contribution is 5.66. The van der Waals surface area contributed by atoms with Crippen molar-refractivity contribution in [2.24, 2.45) is 0 Å². The number of aliphatic hydroxyl groups is 1. The zero-order chi connectivity index (χ0) is 17.2. The monoisotopic (exact) mass is 331 g/mol. The maximum absolute atomic E-state index is 10.1. The van der Waals surface area contributed by atoms with E-state index in [2.05, 4.69) is 22.0 Å². The fourth-order valence-electron chi connectivity index (χ4n) is 2.95. The number of aromatic amines is 1. The highest BCUT2D eigenvalue weighted by Crippen LogP contribution is 2.35. The minimum atomic E-state index is -0.725. The number of hydrogen-bond acceptors (Lipinski definition) is 5. The summed E-state index contributed by atoms with van der Waals surface area (Å²) in [4.78, 5) is 2.20. The predicted molar refractivity (Wildman–Crippen MR) is 92.3 cm³/mol. The second kappa shape index (κ2) is 6.83. The number of H-pyrrole nitrogens is 1. The Morgan fingerprint density at radius 2 is 2.00 bits per heavy atom. The third-order valence-corrected chi connectivity index (χ3v) is 4.00. The Hall–Kier alpha value is -2.05. The van der Waals surface area contributed by atoms with Crippen LogP contribution in [0.15, 0.2) is 24.4 Å². The third-order valence-electron chi connectivity index (χ3n) is 4.00. The van der Waals surface area contributed by atoms with Crippen molar-refractivity contribution in [2.45, 2.75) is 32.9 Å². The summed E-state index contributed by atoms with van der Waals surface area (Å²) in [5.41, 5.74) is 2.36. The van der Waals surface area contributed by atoms with Crippen molar-refractivity contribution in [1.29, 1.82) is 0 Å². The molecule has 0 saturated carbocycles. The number of rotatable bonds is 6. The molecule has 6 heteroatoms. The molecule has 2 aromatic rings. The van der Waals surface area contributed by atoms with Crippen molar-refractivity contribution in [2.75, 3.05) is 26.3 Å². The van der Waals surface area contributed by atoms with Gasteiger partial charge in [-0.15, -0.1) is 0 Å². The summed E-state index contributed by atoms with van der Waals surface area (Å²) < 4.78 is 11.2. The topological polar surface area (TPSA) is 70.6 Å². The van der Waals surface area contributed by atoms with Crippen LogP contribution in [0.3, 0.4) is 0 Å². The van der Waals surface area contributed by atoms with Crippen LogP contribution < -0.4 is 9.47 Å². The minimum absolute atomic E-state index is 0.571. The highest BCUT2D eigenvalue weighted by atomic mass is 16.6. The molecule has 6 nitrogen and oxygen atoms in total. The van der Waals surface area contributed by atoms with Crippen LogP contribution in [0.25, 0.3) is 11.3 Å². The number of nitrogens with zero attached hydrogens (tertiary/aromatic N) is 2. The summed E-state index contributed by atoms with van der Waals surface area (Å²) in [7, 11) is 0. The van der Waals surface area contributed by atoms with Crippen LogP contribution in [0.4, 0.5) is 0 Å². The zero-order valence-electron chi connectivity index (χ0n) is 14.5. The summed E-state index contributed by atoms with van der Waals surface area (Å²) in [6.07, 6.45) is 1.85. The number of fused-ring (bicyclic) bond motifs is 1. The first-order chi connectivity index (χ1) is 11.5. The molecule has 0 atom stereocenters. The van der Waals surface area contributed by atoms with Crippen molar-refractivity contribution in [1.82, 2.24) is 15.1 Å². The molecule has 1 aromatic carbocycles. The Morgan fingerprint density at radius 1 is 1.25 bits per heavy atom. The fourth-order valence-corrected chi connectivity index (χ4v) is 2.95. The van der Waals surface area contributed by atoms with Gasteiger partial charge in [0.15, 0.2) is 11.5 Å². The maximum atomic E-state index is 10.1. The molecule has 0 radical (unpaired) electrons. The lowest BCUT2D eigenvalue weighted by atomic mass is 10.1. The van der Waals surface area contributed by atoms with Gasteiger partial charge in [-0.05, 0) is 38.6 Å². The molecule has 0 saturated heterocycles. The van der Waals surface area contributed by atoms with Gasteiger partial charge in [0.25, 0.3) is 0 Å². The molecule has 1 aromatic heterocycles. The average Bonchev–Trinajstić information content (AvgIpc) is 3.00. The Kier molecular flexibility index (Phi) is 4.78. The standard InChI is InChI=1S/C18H25N3O3/c1-4-21(12-18(2,3)22)11-14-10-19-20-17(14)13-5-6-15-16(9-13)24-8-7-23-15/h5-6,9-10,22H,4,7-8,11-12H2,1-3H3,(H,19,20). The van der Waals surface area contributed by atoms with Crippen molar-refractivity contribution in [3.63, 3.8) is 0 Å². The molecule has 2 N–H and O–H groups in total. The van der Waals surface area contributed by atoms with Crippen molar-refractivity contribution in [3.05, 3.63) is 30.0 Å². The van der Waals surface area contributed by atoms with E-state index >= 15 is 0 Å². The van der Waals surface area contributed by atoms with Crippen molar-refractivity contribution >= 4 is 0 Å². The van der Waals surface area contributed by atoms with Gasteiger partial charge in [0.2, 0.25) is 0 Å². The normalized spacial score (nSPS) is 14.2. The second-order valence-corrected chi connectivity index (χ2v) is 6.74. The molecule has 0 aliphatic carbocycles. The molecule has 0 unspecified atom stereocenters. The van der Waals surface area contributed by atoms with Gasteiger partial charge in [0.05, 0.1) is 17.5 Å². The van der Waals surface area contributed by atoms with Crippen molar-refractivity contribution in [3.8, 4) is 22.8 Å². The van der Waals surface area contributed by atoms with Gasteiger partial charge in [0.1, 0.15) is 13.2 Å². The van der Waals surface area contributed by atoms with Gasteiger partial charge in [-0.2, -0.15) is 5.10 Å². The van der Waals surface area contributed by atoms with Crippen LogP contribution in [-0.4, -0.2) is 52.1 Å². The first-order valence-corrected chi connectivity index (χ1v) is 8.33. The summed E-state index contributed by atoms with van der Waals surface area (Å²) in [6.45, 7) is 9.09. The third kappa shape index (κ3) is 3.88. The van der Waals surface area contributed by atoms with E-state index in [9.17, 15) is 5.11 Å². The van der Waals surface area contributed by atoms with Gasteiger partial charge in [-0.3, -0.25) is 10.00 Å². The number of nitrogens with one attached hydrogen (secondary N) is 1. The number of aromatic nitrogens is 2. The molecule has 0 spiro atoms.